The fraction of sp³-hybridized carbons (Fsp3) is 0.529. The first kappa shape index (κ1) is 20.2. The van der Waals surface area contributed by atoms with E-state index >= 15 is 0 Å². The third-order valence-electron chi connectivity index (χ3n) is 2.78. The molecule has 6 nitrogen and oxygen atoms in total. The highest BCUT2D eigenvalue weighted by Gasteiger charge is 2.15. The maximum atomic E-state index is 12.0. The van der Waals surface area contributed by atoms with Gasteiger partial charge in [0.2, 0.25) is 5.91 Å². The van der Waals surface area contributed by atoms with E-state index < -0.39 is 11.7 Å². The van der Waals surface area contributed by atoms with Crippen LogP contribution in [0.15, 0.2) is 18.2 Å². The van der Waals surface area contributed by atoms with E-state index in [4.69, 9.17) is 9.47 Å². The molecule has 0 atom stereocenters. The van der Waals surface area contributed by atoms with Crippen molar-refractivity contribution in [3.63, 3.8) is 0 Å². The number of alkyl carbamates (subject to hydrolysis) is 1. The van der Waals surface area contributed by atoms with Gasteiger partial charge in [0, 0.05) is 12.3 Å². The number of ether oxygens (including phenoxy) is 2. The van der Waals surface area contributed by atoms with Crippen molar-refractivity contribution in [2.24, 2.45) is 0 Å². The number of rotatable bonds is 7. The Morgan fingerprint density at radius 1 is 1.25 bits per heavy atom. The van der Waals surface area contributed by atoms with Gasteiger partial charge in [0.05, 0.1) is 18.6 Å². The molecule has 0 fully saturated rings. The number of carbonyl (C=O) groups is 2. The minimum Gasteiger partial charge on any atom is -0.495 e. The molecule has 0 aliphatic heterocycles. The summed E-state index contributed by atoms with van der Waals surface area (Å²) < 4.78 is 10.4. The van der Waals surface area contributed by atoms with Crippen LogP contribution in [0.4, 0.5) is 10.5 Å². The minimum atomic E-state index is -0.510. The van der Waals surface area contributed by atoms with Gasteiger partial charge in [0.15, 0.2) is 0 Å². The zero-order valence-corrected chi connectivity index (χ0v) is 15.7. The van der Waals surface area contributed by atoms with Crippen molar-refractivity contribution < 1.29 is 19.1 Å². The highest BCUT2D eigenvalue weighted by Crippen LogP contribution is 2.25. The van der Waals surface area contributed by atoms with Gasteiger partial charge in [-0.3, -0.25) is 4.79 Å². The Hall–Kier alpha value is -1.89. The summed E-state index contributed by atoms with van der Waals surface area (Å²) >= 11 is 1.44. The molecule has 0 heterocycles. The second-order valence-corrected chi connectivity index (χ2v) is 7.34. The minimum absolute atomic E-state index is 0.110. The second kappa shape index (κ2) is 9.42. The standard InChI is InChI=1S/C17H26N2O4S/c1-12-6-7-14(22-5)13(10-12)19-15(20)11-24-9-8-18-16(21)23-17(2,3)4/h6-7,10H,8-9,11H2,1-5H3,(H,18,21)(H,19,20). The molecule has 0 unspecified atom stereocenters. The Balaban J connectivity index is 2.28. The molecule has 0 aliphatic carbocycles. The fourth-order valence-corrected chi connectivity index (χ4v) is 2.46. The molecule has 0 bridgehead atoms. The third kappa shape index (κ3) is 8.10. The lowest BCUT2D eigenvalue weighted by Crippen LogP contribution is -2.33. The van der Waals surface area contributed by atoms with E-state index in [0.29, 0.717) is 29.5 Å². The number of aryl methyl sites for hydroxylation is 1. The number of benzene rings is 1. The Labute approximate surface area is 147 Å². The van der Waals surface area contributed by atoms with E-state index in [2.05, 4.69) is 10.6 Å². The van der Waals surface area contributed by atoms with E-state index in [-0.39, 0.29) is 5.91 Å². The summed E-state index contributed by atoms with van der Waals surface area (Å²) in [6.45, 7) is 7.83. The lowest BCUT2D eigenvalue weighted by atomic mass is 10.2. The third-order valence-corrected chi connectivity index (χ3v) is 3.74. The highest BCUT2D eigenvalue weighted by atomic mass is 32.2. The normalized spacial score (nSPS) is 10.9. The van der Waals surface area contributed by atoms with Gasteiger partial charge in [0.1, 0.15) is 11.4 Å². The average Bonchev–Trinajstić information content (AvgIpc) is 2.45. The number of nitrogens with one attached hydrogen (secondary N) is 2. The van der Waals surface area contributed by atoms with Crippen molar-refractivity contribution in [3.8, 4) is 5.75 Å². The molecule has 2 amide bonds. The number of carbonyl (C=O) groups excluding carboxylic acids is 2. The lowest BCUT2D eigenvalue weighted by molar-refractivity contribution is -0.113. The van der Waals surface area contributed by atoms with Crippen LogP contribution >= 0.6 is 11.8 Å². The molecule has 24 heavy (non-hydrogen) atoms. The maximum Gasteiger partial charge on any atom is 0.407 e. The van der Waals surface area contributed by atoms with Crippen LogP contribution in [0.5, 0.6) is 5.75 Å². The summed E-state index contributed by atoms with van der Waals surface area (Å²) in [4.78, 5) is 23.4. The summed E-state index contributed by atoms with van der Waals surface area (Å²) in [7, 11) is 1.57. The highest BCUT2D eigenvalue weighted by molar-refractivity contribution is 7.99. The van der Waals surface area contributed by atoms with Gasteiger partial charge in [0.25, 0.3) is 0 Å². The van der Waals surface area contributed by atoms with Crippen molar-refractivity contribution in [1.82, 2.24) is 5.32 Å². The van der Waals surface area contributed by atoms with Crippen LogP contribution < -0.4 is 15.4 Å². The number of amides is 2. The van der Waals surface area contributed by atoms with E-state index in [1.54, 1.807) is 7.11 Å². The molecule has 0 saturated heterocycles. The molecule has 0 spiro atoms. The molecular formula is C17H26N2O4S. The van der Waals surface area contributed by atoms with Crippen LogP contribution in [0, 0.1) is 6.92 Å². The molecule has 0 aliphatic rings. The molecule has 2 N–H and O–H groups in total. The van der Waals surface area contributed by atoms with Crippen LogP contribution in [0.2, 0.25) is 0 Å². The van der Waals surface area contributed by atoms with Gasteiger partial charge in [-0.15, -0.1) is 0 Å². The van der Waals surface area contributed by atoms with E-state index in [1.165, 1.54) is 11.8 Å². The van der Waals surface area contributed by atoms with Gasteiger partial charge in [-0.05, 0) is 45.4 Å². The van der Waals surface area contributed by atoms with Crippen LogP contribution in [0.1, 0.15) is 26.3 Å². The zero-order valence-electron chi connectivity index (χ0n) is 14.9. The van der Waals surface area contributed by atoms with E-state index in [0.717, 1.165) is 5.56 Å². The lowest BCUT2D eigenvalue weighted by Gasteiger charge is -2.19. The molecule has 0 radical (unpaired) electrons. The summed E-state index contributed by atoms with van der Waals surface area (Å²) in [6, 6.07) is 5.61. The predicted molar refractivity (Wildman–Crippen MR) is 97.9 cm³/mol. The molecular weight excluding hydrogens is 328 g/mol. The molecule has 1 aromatic carbocycles. The summed E-state index contributed by atoms with van der Waals surface area (Å²) in [5, 5.41) is 5.49. The molecule has 1 rings (SSSR count). The van der Waals surface area contributed by atoms with Gasteiger partial charge in [-0.25, -0.2) is 4.79 Å². The van der Waals surface area contributed by atoms with Crippen LogP contribution in [0.3, 0.4) is 0 Å². The van der Waals surface area contributed by atoms with Gasteiger partial charge < -0.3 is 20.1 Å². The second-order valence-electron chi connectivity index (χ2n) is 6.23. The monoisotopic (exact) mass is 354 g/mol. The van der Waals surface area contributed by atoms with Crippen LogP contribution in [0.25, 0.3) is 0 Å². The number of thioether (sulfide) groups is 1. The maximum absolute atomic E-state index is 12.0. The molecule has 134 valence electrons. The number of hydrogen-bond acceptors (Lipinski definition) is 5. The number of anilines is 1. The quantitative estimate of drug-likeness (QED) is 0.735. The van der Waals surface area contributed by atoms with E-state index in [1.807, 2.05) is 45.9 Å². The Morgan fingerprint density at radius 2 is 1.96 bits per heavy atom. The first-order valence-electron chi connectivity index (χ1n) is 7.70. The largest absolute Gasteiger partial charge is 0.495 e. The van der Waals surface area contributed by atoms with Crippen molar-refractivity contribution in [2.45, 2.75) is 33.3 Å². The first-order chi connectivity index (χ1) is 11.2. The summed E-state index contributed by atoms with van der Waals surface area (Å²) in [6.07, 6.45) is -0.447. The smallest absolute Gasteiger partial charge is 0.407 e. The molecule has 1 aromatic rings. The van der Waals surface area contributed by atoms with Crippen LogP contribution in [-0.4, -0.2) is 42.8 Å². The van der Waals surface area contributed by atoms with Crippen molar-refractivity contribution in [3.05, 3.63) is 23.8 Å². The van der Waals surface area contributed by atoms with Crippen LogP contribution in [-0.2, 0) is 9.53 Å². The van der Waals surface area contributed by atoms with Crippen molar-refractivity contribution in [2.75, 3.05) is 30.5 Å². The molecule has 0 aromatic heterocycles. The Kier molecular flexibility index (Phi) is 7.91. The van der Waals surface area contributed by atoms with Gasteiger partial charge in [-0.1, -0.05) is 6.07 Å². The Morgan fingerprint density at radius 3 is 2.58 bits per heavy atom. The SMILES string of the molecule is COc1ccc(C)cc1NC(=O)CSCCNC(=O)OC(C)(C)C. The molecule has 0 saturated carbocycles. The van der Waals surface area contributed by atoms with Gasteiger partial charge in [-0.2, -0.15) is 11.8 Å². The average molecular weight is 354 g/mol. The van der Waals surface area contributed by atoms with Gasteiger partial charge >= 0.3 is 6.09 Å². The van der Waals surface area contributed by atoms with Crippen molar-refractivity contribution >= 4 is 29.4 Å². The molecule has 7 heteroatoms. The summed E-state index contributed by atoms with van der Waals surface area (Å²) in [5.74, 6) is 1.44. The number of methoxy groups -OCH3 is 1. The topological polar surface area (TPSA) is 76.7 Å². The fourth-order valence-electron chi connectivity index (χ4n) is 1.81. The zero-order chi connectivity index (χ0) is 18.2. The number of hydrogen-bond donors (Lipinski definition) is 2. The van der Waals surface area contributed by atoms with Crippen molar-refractivity contribution in [1.29, 1.82) is 0 Å². The summed E-state index contributed by atoms with van der Waals surface area (Å²) in [5.41, 5.74) is 1.19. The Bertz CT molecular complexity index is 570. The first-order valence-corrected chi connectivity index (χ1v) is 8.86. The predicted octanol–water partition coefficient (Wildman–Crippen LogP) is 3.20. The van der Waals surface area contributed by atoms with E-state index in [9.17, 15) is 9.59 Å².